The lowest BCUT2D eigenvalue weighted by molar-refractivity contribution is 0.0696. The third kappa shape index (κ3) is 2.51. The lowest BCUT2D eigenvalue weighted by atomic mass is 9.83. The maximum absolute atomic E-state index is 13.2. The number of aromatic hydroxyl groups is 1. The first-order valence-electron chi connectivity index (χ1n) is 8.93. The zero-order valence-corrected chi connectivity index (χ0v) is 15.6. The minimum atomic E-state index is -1.18. The van der Waals surface area contributed by atoms with Crippen LogP contribution in [0.25, 0.3) is 5.69 Å². The molecule has 0 spiro atoms. The van der Waals surface area contributed by atoms with Crippen molar-refractivity contribution in [3.05, 3.63) is 81.7 Å². The number of phenols is 1. The molecule has 29 heavy (non-hydrogen) atoms. The minimum absolute atomic E-state index is 0.0285. The lowest BCUT2D eigenvalue weighted by Crippen LogP contribution is -2.21. The lowest BCUT2D eigenvalue weighted by Gasteiger charge is -2.18. The molecule has 1 unspecified atom stereocenters. The molecule has 1 aromatic heterocycles. The summed E-state index contributed by atoms with van der Waals surface area (Å²) in [5.74, 6) is -2.53. The number of aliphatic hydroxyl groups excluding tert-OH is 1. The molecular weight excluding hydrogens is 374 g/mol. The molecule has 7 nitrogen and oxygen atoms in total. The number of carboxylic acids is 1. The highest BCUT2D eigenvalue weighted by atomic mass is 16.4. The van der Waals surface area contributed by atoms with E-state index in [9.17, 15) is 29.7 Å². The van der Waals surface area contributed by atoms with Gasteiger partial charge < -0.3 is 19.9 Å². The molecule has 1 aliphatic carbocycles. The normalized spacial score (nSPS) is 13.8. The summed E-state index contributed by atoms with van der Waals surface area (Å²) in [5.41, 5.74) is 0.694. The predicted molar refractivity (Wildman–Crippen MR) is 103 cm³/mol. The summed E-state index contributed by atoms with van der Waals surface area (Å²) < 4.78 is 1.44. The number of rotatable bonds is 3. The second-order valence-electron chi connectivity index (χ2n) is 6.91. The molecule has 3 aromatic rings. The maximum Gasteiger partial charge on any atom is 0.337 e. The van der Waals surface area contributed by atoms with Gasteiger partial charge in [0, 0.05) is 11.3 Å². The molecule has 4 rings (SSSR count). The van der Waals surface area contributed by atoms with Crippen LogP contribution in [0.15, 0.2) is 42.5 Å². The van der Waals surface area contributed by atoms with E-state index in [-0.39, 0.29) is 44.9 Å². The Morgan fingerprint density at radius 2 is 1.66 bits per heavy atom. The molecule has 7 heteroatoms. The van der Waals surface area contributed by atoms with Gasteiger partial charge in [-0.2, -0.15) is 0 Å². The third-order valence-electron chi connectivity index (χ3n) is 5.18. The predicted octanol–water partition coefficient (Wildman–Crippen LogP) is 3.02. The van der Waals surface area contributed by atoms with Crippen LogP contribution >= 0.6 is 0 Å². The second-order valence-corrected chi connectivity index (χ2v) is 6.91. The molecular formula is C22H17NO6. The van der Waals surface area contributed by atoms with Crippen molar-refractivity contribution in [2.75, 3.05) is 0 Å². The number of carbonyl (C=O) groups excluding carboxylic acids is 2. The smallest absolute Gasteiger partial charge is 0.337 e. The Labute approximate surface area is 165 Å². The van der Waals surface area contributed by atoms with Gasteiger partial charge in [0.25, 0.3) is 0 Å². The van der Waals surface area contributed by atoms with Crippen LogP contribution in [0.4, 0.5) is 0 Å². The Kier molecular flexibility index (Phi) is 4.13. The molecule has 1 heterocycles. The van der Waals surface area contributed by atoms with Crippen molar-refractivity contribution in [1.82, 2.24) is 4.57 Å². The van der Waals surface area contributed by atoms with E-state index in [1.165, 1.54) is 35.8 Å². The van der Waals surface area contributed by atoms with Gasteiger partial charge in [-0.1, -0.05) is 24.3 Å². The van der Waals surface area contributed by atoms with E-state index < -0.39 is 23.6 Å². The van der Waals surface area contributed by atoms with Crippen molar-refractivity contribution in [1.29, 1.82) is 0 Å². The van der Waals surface area contributed by atoms with Crippen LogP contribution in [0, 0.1) is 6.92 Å². The summed E-state index contributed by atoms with van der Waals surface area (Å²) in [6.07, 6.45) is -1.16. The summed E-state index contributed by atoms with van der Waals surface area (Å²) in [5, 5.41) is 30.3. The molecule has 1 atom stereocenters. The quantitative estimate of drug-likeness (QED) is 0.494. The Bertz CT molecular complexity index is 1220. The van der Waals surface area contributed by atoms with Crippen LogP contribution in [-0.2, 0) is 0 Å². The maximum atomic E-state index is 13.2. The van der Waals surface area contributed by atoms with Gasteiger partial charge in [0.2, 0.25) is 0 Å². The molecule has 2 aromatic carbocycles. The molecule has 1 aliphatic rings. The number of aromatic nitrogens is 1. The van der Waals surface area contributed by atoms with E-state index in [0.717, 1.165) is 0 Å². The van der Waals surface area contributed by atoms with Gasteiger partial charge in [0.05, 0.1) is 39.7 Å². The molecule has 146 valence electrons. The van der Waals surface area contributed by atoms with Crippen molar-refractivity contribution in [2.45, 2.75) is 20.0 Å². The SMILES string of the molecule is Cc1c2c(c(C(C)O)n1-c1ccccc1C(=O)O)C(=O)c1cccc(O)c1C2=O. The second kappa shape index (κ2) is 6.42. The van der Waals surface area contributed by atoms with E-state index in [1.807, 2.05) is 0 Å². The first kappa shape index (κ1) is 18.6. The molecule has 0 amide bonds. The molecule has 0 aliphatic heterocycles. The van der Waals surface area contributed by atoms with Crippen molar-refractivity contribution >= 4 is 17.5 Å². The highest BCUT2D eigenvalue weighted by Gasteiger charge is 2.39. The van der Waals surface area contributed by atoms with Crippen LogP contribution in [0.1, 0.15) is 66.6 Å². The average Bonchev–Trinajstić information content (AvgIpc) is 2.99. The summed E-state index contributed by atoms with van der Waals surface area (Å²) >= 11 is 0. The molecule has 0 radical (unpaired) electrons. The van der Waals surface area contributed by atoms with Gasteiger partial charge in [-0.25, -0.2) is 4.79 Å². The Hall–Kier alpha value is -3.71. The topological polar surface area (TPSA) is 117 Å². The van der Waals surface area contributed by atoms with Crippen molar-refractivity contribution in [3.8, 4) is 11.4 Å². The fourth-order valence-electron chi connectivity index (χ4n) is 4.00. The first-order chi connectivity index (χ1) is 13.8. The summed E-state index contributed by atoms with van der Waals surface area (Å²) in [6, 6.07) is 10.4. The number of carbonyl (C=O) groups is 3. The molecule has 0 fully saturated rings. The van der Waals surface area contributed by atoms with Crippen molar-refractivity contribution < 1.29 is 29.7 Å². The van der Waals surface area contributed by atoms with E-state index in [1.54, 1.807) is 25.1 Å². The molecule has 3 N–H and O–H groups in total. The number of carboxylic acid groups (broad SMARTS) is 1. The number of hydrogen-bond donors (Lipinski definition) is 3. The van der Waals surface area contributed by atoms with Gasteiger partial charge in [-0.15, -0.1) is 0 Å². The molecule has 0 bridgehead atoms. The van der Waals surface area contributed by atoms with Gasteiger partial charge in [0.1, 0.15) is 5.75 Å². The average molecular weight is 391 g/mol. The Balaban J connectivity index is 2.13. The monoisotopic (exact) mass is 391 g/mol. The zero-order chi connectivity index (χ0) is 21.0. The molecule has 0 saturated heterocycles. The van der Waals surface area contributed by atoms with Crippen LogP contribution in [-0.4, -0.2) is 37.4 Å². The number of para-hydroxylation sites is 1. The number of benzene rings is 2. The van der Waals surface area contributed by atoms with Crippen molar-refractivity contribution in [2.24, 2.45) is 0 Å². The van der Waals surface area contributed by atoms with E-state index in [4.69, 9.17) is 0 Å². The first-order valence-corrected chi connectivity index (χ1v) is 8.93. The Morgan fingerprint density at radius 1 is 0.966 bits per heavy atom. The number of phenolic OH excluding ortho intramolecular Hbond substituents is 1. The van der Waals surface area contributed by atoms with E-state index >= 15 is 0 Å². The standard InChI is InChI=1S/C22H17NO6/c1-10-16-18(20(26)13-7-5-9-15(25)17(13)21(16)27)19(11(2)24)23(10)14-8-4-3-6-12(14)22(28)29/h3-9,11,24-25H,1-2H3,(H,28,29). The highest BCUT2D eigenvalue weighted by molar-refractivity contribution is 6.30. The van der Waals surface area contributed by atoms with Crippen molar-refractivity contribution in [3.63, 3.8) is 0 Å². The van der Waals surface area contributed by atoms with Crippen LogP contribution in [0.3, 0.4) is 0 Å². The number of fused-ring (bicyclic) bond motifs is 2. The third-order valence-corrected chi connectivity index (χ3v) is 5.18. The summed E-state index contributed by atoms with van der Waals surface area (Å²) in [4.78, 5) is 38.2. The fraction of sp³-hybridized carbons (Fsp3) is 0.136. The van der Waals surface area contributed by atoms with Crippen LogP contribution in [0.2, 0.25) is 0 Å². The highest BCUT2D eigenvalue weighted by Crippen LogP contribution is 2.40. The number of hydrogen-bond acceptors (Lipinski definition) is 5. The van der Waals surface area contributed by atoms with E-state index in [2.05, 4.69) is 0 Å². The zero-order valence-electron chi connectivity index (χ0n) is 15.6. The minimum Gasteiger partial charge on any atom is -0.507 e. The number of aromatic carboxylic acids is 1. The summed E-state index contributed by atoms with van der Waals surface area (Å²) in [7, 11) is 0. The van der Waals surface area contributed by atoms with Crippen LogP contribution in [0.5, 0.6) is 5.75 Å². The Morgan fingerprint density at radius 3 is 2.31 bits per heavy atom. The van der Waals surface area contributed by atoms with Crippen LogP contribution < -0.4 is 0 Å². The summed E-state index contributed by atoms with van der Waals surface area (Å²) in [6.45, 7) is 3.03. The number of ketones is 2. The number of nitrogens with zero attached hydrogens (tertiary/aromatic N) is 1. The van der Waals surface area contributed by atoms with Gasteiger partial charge in [-0.05, 0) is 32.0 Å². The molecule has 0 saturated carbocycles. The van der Waals surface area contributed by atoms with Gasteiger partial charge >= 0.3 is 5.97 Å². The number of aliphatic hydroxyl groups is 1. The largest absolute Gasteiger partial charge is 0.507 e. The van der Waals surface area contributed by atoms with Gasteiger partial charge in [-0.3, -0.25) is 9.59 Å². The van der Waals surface area contributed by atoms with E-state index in [0.29, 0.717) is 5.69 Å². The fourth-order valence-corrected chi connectivity index (χ4v) is 4.00. The van der Waals surface area contributed by atoms with Gasteiger partial charge in [0.15, 0.2) is 11.6 Å².